The Balaban J connectivity index is 1.58. The molecule has 0 N–H and O–H groups in total. The standard InChI is InChI=1S/C18H22N4O4/c1-13(2)25-18(24)21-8-3-14(4-9-21)26-15-5-10-22(17(23)11-15)16-12-19-6-7-20-16/h5-7,10-14H,3-4,8-9H2,1-2H3. The van der Waals surface area contributed by atoms with E-state index in [2.05, 4.69) is 9.97 Å². The molecule has 1 aliphatic heterocycles. The van der Waals surface area contributed by atoms with E-state index in [1.54, 1.807) is 23.4 Å². The lowest BCUT2D eigenvalue weighted by molar-refractivity contribution is 0.0516. The third kappa shape index (κ3) is 4.38. The summed E-state index contributed by atoms with van der Waals surface area (Å²) in [6.45, 7) is 4.81. The van der Waals surface area contributed by atoms with E-state index < -0.39 is 0 Å². The van der Waals surface area contributed by atoms with Crippen LogP contribution in [0.2, 0.25) is 0 Å². The molecule has 26 heavy (non-hydrogen) atoms. The summed E-state index contributed by atoms with van der Waals surface area (Å²) in [6, 6.07) is 3.17. The first kappa shape index (κ1) is 17.9. The molecule has 3 rings (SSSR count). The number of ether oxygens (including phenoxy) is 2. The van der Waals surface area contributed by atoms with Crippen LogP contribution in [0, 0.1) is 0 Å². The van der Waals surface area contributed by atoms with Crippen LogP contribution in [0.3, 0.4) is 0 Å². The maximum atomic E-state index is 12.3. The van der Waals surface area contributed by atoms with Gasteiger partial charge in [-0.1, -0.05) is 0 Å². The Bertz CT molecular complexity index is 798. The third-order valence-electron chi connectivity index (χ3n) is 4.03. The van der Waals surface area contributed by atoms with Crippen LogP contribution in [0.25, 0.3) is 5.82 Å². The van der Waals surface area contributed by atoms with E-state index in [4.69, 9.17) is 9.47 Å². The van der Waals surface area contributed by atoms with Gasteiger partial charge in [0.25, 0.3) is 5.56 Å². The summed E-state index contributed by atoms with van der Waals surface area (Å²) < 4.78 is 12.5. The molecule has 1 amide bonds. The molecule has 3 heterocycles. The van der Waals surface area contributed by atoms with Crippen molar-refractivity contribution >= 4 is 6.09 Å². The molecule has 0 saturated carbocycles. The average Bonchev–Trinajstić information content (AvgIpc) is 2.62. The van der Waals surface area contributed by atoms with Gasteiger partial charge in [0.2, 0.25) is 0 Å². The fourth-order valence-corrected chi connectivity index (χ4v) is 2.76. The Morgan fingerprint density at radius 1 is 1.27 bits per heavy atom. The van der Waals surface area contributed by atoms with E-state index in [-0.39, 0.29) is 23.9 Å². The Morgan fingerprint density at radius 2 is 2.04 bits per heavy atom. The van der Waals surface area contributed by atoms with Gasteiger partial charge < -0.3 is 14.4 Å². The normalized spacial score (nSPS) is 15.1. The number of aromatic nitrogens is 3. The second-order valence-corrected chi connectivity index (χ2v) is 6.37. The van der Waals surface area contributed by atoms with Gasteiger partial charge >= 0.3 is 6.09 Å². The Kier molecular flexibility index (Phi) is 5.50. The van der Waals surface area contributed by atoms with Crippen molar-refractivity contribution in [2.75, 3.05) is 13.1 Å². The van der Waals surface area contributed by atoms with Gasteiger partial charge in [0.1, 0.15) is 11.9 Å². The van der Waals surface area contributed by atoms with E-state index >= 15 is 0 Å². The lowest BCUT2D eigenvalue weighted by Crippen LogP contribution is -2.42. The number of piperidine rings is 1. The molecule has 8 nitrogen and oxygen atoms in total. The second-order valence-electron chi connectivity index (χ2n) is 6.37. The van der Waals surface area contributed by atoms with E-state index in [0.717, 1.165) is 0 Å². The largest absolute Gasteiger partial charge is 0.490 e. The molecule has 0 aromatic carbocycles. The Morgan fingerprint density at radius 3 is 2.65 bits per heavy atom. The molecule has 2 aromatic rings. The summed E-state index contributed by atoms with van der Waals surface area (Å²) in [4.78, 5) is 33.9. The number of hydrogen-bond donors (Lipinski definition) is 0. The zero-order valence-electron chi connectivity index (χ0n) is 14.9. The van der Waals surface area contributed by atoms with Crippen LogP contribution < -0.4 is 10.3 Å². The first-order valence-electron chi connectivity index (χ1n) is 8.64. The van der Waals surface area contributed by atoms with Crippen molar-refractivity contribution in [3.8, 4) is 11.6 Å². The predicted molar refractivity (Wildman–Crippen MR) is 94.5 cm³/mol. The Labute approximate surface area is 151 Å². The minimum atomic E-state index is -0.287. The summed E-state index contributed by atoms with van der Waals surface area (Å²) in [5.41, 5.74) is -0.235. The minimum Gasteiger partial charge on any atom is -0.490 e. The molecule has 1 saturated heterocycles. The number of hydrogen-bond acceptors (Lipinski definition) is 6. The summed E-state index contributed by atoms with van der Waals surface area (Å²) in [6.07, 6.45) is 7.16. The van der Waals surface area contributed by atoms with Crippen molar-refractivity contribution in [3.63, 3.8) is 0 Å². The number of carbonyl (C=O) groups is 1. The lowest BCUT2D eigenvalue weighted by atomic mass is 10.1. The van der Waals surface area contributed by atoms with Crippen LogP contribution in [0.4, 0.5) is 4.79 Å². The second kappa shape index (κ2) is 7.99. The van der Waals surface area contributed by atoms with Gasteiger partial charge in [-0.15, -0.1) is 0 Å². The van der Waals surface area contributed by atoms with Crippen molar-refractivity contribution in [2.45, 2.75) is 38.9 Å². The number of amides is 1. The van der Waals surface area contributed by atoms with Gasteiger partial charge in [-0.25, -0.2) is 9.78 Å². The van der Waals surface area contributed by atoms with E-state index in [1.807, 2.05) is 13.8 Å². The van der Waals surface area contributed by atoms with Crippen molar-refractivity contribution in [2.24, 2.45) is 0 Å². The summed E-state index contributed by atoms with van der Waals surface area (Å²) >= 11 is 0. The molecule has 0 bridgehead atoms. The van der Waals surface area contributed by atoms with Crippen molar-refractivity contribution in [3.05, 3.63) is 47.3 Å². The van der Waals surface area contributed by atoms with Gasteiger partial charge in [-0.3, -0.25) is 14.3 Å². The van der Waals surface area contributed by atoms with Gasteiger partial charge in [-0.2, -0.15) is 0 Å². The smallest absolute Gasteiger partial charge is 0.410 e. The molecule has 0 unspecified atom stereocenters. The summed E-state index contributed by atoms with van der Waals surface area (Å²) in [5.74, 6) is 0.972. The molecular formula is C18H22N4O4. The molecule has 1 aliphatic rings. The average molecular weight is 358 g/mol. The molecule has 0 spiro atoms. The maximum absolute atomic E-state index is 12.3. The highest BCUT2D eigenvalue weighted by Gasteiger charge is 2.25. The number of nitrogens with zero attached hydrogens (tertiary/aromatic N) is 4. The van der Waals surface area contributed by atoms with Crippen molar-refractivity contribution in [1.82, 2.24) is 19.4 Å². The molecule has 0 radical (unpaired) electrons. The topological polar surface area (TPSA) is 86.5 Å². The van der Waals surface area contributed by atoms with Crippen LogP contribution in [-0.2, 0) is 4.74 Å². The molecule has 8 heteroatoms. The fraction of sp³-hybridized carbons (Fsp3) is 0.444. The third-order valence-corrected chi connectivity index (χ3v) is 4.03. The van der Waals surface area contributed by atoms with Gasteiger partial charge in [0.05, 0.1) is 12.3 Å². The molecule has 138 valence electrons. The van der Waals surface area contributed by atoms with Crippen molar-refractivity contribution in [1.29, 1.82) is 0 Å². The molecule has 1 fully saturated rings. The number of carbonyl (C=O) groups excluding carboxylic acids is 1. The molecule has 0 aliphatic carbocycles. The maximum Gasteiger partial charge on any atom is 0.410 e. The van der Waals surface area contributed by atoms with Gasteiger partial charge in [0, 0.05) is 50.6 Å². The number of pyridine rings is 1. The molecule has 0 atom stereocenters. The highest BCUT2D eigenvalue weighted by Crippen LogP contribution is 2.18. The number of likely N-dealkylation sites (tertiary alicyclic amines) is 1. The van der Waals surface area contributed by atoms with E-state index in [1.165, 1.54) is 23.0 Å². The summed E-state index contributed by atoms with van der Waals surface area (Å²) in [5, 5.41) is 0. The van der Waals surface area contributed by atoms with Crippen LogP contribution >= 0.6 is 0 Å². The van der Waals surface area contributed by atoms with Crippen LogP contribution in [0.1, 0.15) is 26.7 Å². The Hall–Kier alpha value is -2.90. The minimum absolute atomic E-state index is 0.0372. The van der Waals surface area contributed by atoms with Crippen LogP contribution in [-0.4, -0.2) is 50.8 Å². The monoisotopic (exact) mass is 358 g/mol. The zero-order valence-corrected chi connectivity index (χ0v) is 14.9. The van der Waals surface area contributed by atoms with Gasteiger partial charge in [0.15, 0.2) is 5.82 Å². The highest BCUT2D eigenvalue weighted by molar-refractivity contribution is 5.67. The van der Waals surface area contributed by atoms with Crippen LogP contribution in [0.15, 0.2) is 41.7 Å². The first-order chi connectivity index (χ1) is 12.5. The predicted octanol–water partition coefficient (Wildman–Crippen LogP) is 2.02. The highest BCUT2D eigenvalue weighted by atomic mass is 16.6. The quantitative estimate of drug-likeness (QED) is 0.831. The number of rotatable bonds is 4. The zero-order chi connectivity index (χ0) is 18.5. The summed E-state index contributed by atoms with van der Waals surface area (Å²) in [7, 11) is 0. The lowest BCUT2D eigenvalue weighted by Gasteiger charge is -2.32. The van der Waals surface area contributed by atoms with E-state index in [9.17, 15) is 9.59 Å². The van der Waals surface area contributed by atoms with E-state index in [0.29, 0.717) is 37.5 Å². The molecular weight excluding hydrogens is 336 g/mol. The first-order valence-corrected chi connectivity index (χ1v) is 8.64. The fourth-order valence-electron chi connectivity index (χ4n) is 2.76. The van der Waals surface area contributed by atoms with Gasteiger partial charge in [-0.05, 0) is 19.9 Å². The van der Waals surface area contributed by atoms with Crippen molar-refractivity contribution < 1.29 is 14.3 Å². The molecule has 2 aromatic heterocycles. The van der Waals surface area contributed by atoms with Crippen LogP contribution in [0.5, 0.6) is 5.75 Å². The SMILES string of the molecule is CC(C)OC(=O)N1CCC(Oc2ccn(-c3cnccn3)c(=O)c2)CC1.